The summed E-state index contributed by atoms with van der Waals surface area (Å²) < 4.78 is 28.5. The second-order valence-electron chi connectivity index (χ2n) is 2.12. The molecule has 0 fully saturated rings. The smallest absolute Gasteiger partial charge is 0.308 e. The Labute approximate surface area is 74.8 Å². The van der Waals surface area contributed by atoms with Crippen LogP contribution in [0.3, 0.4) is 0 Å². The van der Waals surface area contributed by atoms with Crippen LogP contribution in [0.2, 0.25) is 0 Å². The molecule has 1 rings (SSSR count). The quantitative estimate of drug-likeness (QED) is 0.753. The lowest BCUT2D eigenvalue weighted by molar-refractivity contribution is 0.570. The second-order valence-corrected chi connectivity index (χ2v) is 4.43. The number of sulfonamides is 1. The minimum atomic E-state index is -3.50. The van der Waals surface area contributed by atoms with E-state index < -0.39 is 15.2 Å². The molecular weight excluding hydrogens is 204 g/mol. The lowest BCUT2D eigenvalue weighted by Crippen LogP contribution is -2.13. The van der Waals surface area contributed by atoms with Crippen molar-refractivity contribution < 1.29 is 12.8 Å². The van der Waals surface area contributed by atoms with E-state index in [1.165, 1.54) is 6.26 Å². The number of nitrogens with zero attached hydrogens (tertiary/aromatic N) is 1. The summed E-state index contributed by atoms with van der Waals surface area (Å²) in [5.41, 5.74) is 0.599. The Balaban J connectivity index is 2.77. The molecule has 0 aliphatic heterocycles. The molecule has 0 aromatic carbocycles. The van der Waals surface area contributed by atoms with Crippen LogP contribution in [0.5, 0.6) is 0 Å². The van der Waals surface area contributed by atoms with E-state index in [2.05, 4.69) is 9.71 Å². The van der Waals surface area contributed by atoms with Gasteiger partial charge in [-0.15, -0.1) is 11.6 Å². The highest BCUT2D eigenvalue weighted by atomic mass is 35.5. The molecule has 0 atom stereocenters. The first-order chi connectivity index (χ1) is 5.53. The molecule has 1 aromatic rings. The van der Waals surface area contributed by atoms with Crippen molar-refractivity contribution in [2.45, 2.75) is 6.92 Å². The molecular formula is C5H7ClN2O3S. The minimum absolute atomic E-state index is 0.0619. The molecule has 0 saturated heterocycles. The van der Waals surface area contributed by atoms with Gasteiger partial charge in [-0.3, -0.25) is 0 Å². The third-order valence-corrected chi connectivity index (χ3v) is 2.64. The number of hydrogen-bond acceptors (Lipinski definition) is 4. The molecule has 7 heteroatoms. The zero-order chi connectivity index (χ0) is 9.19. The van der Waals surface area contributed by atoms with Gasteiger partial charge >= 0.3 is 6.01 Å². The normalized spacial score (nSPS) is 11.5. The number of hydrogen-bond donors (Lipinski definition) is 1. The molecule has 0 bridgehead atoms. The number of anilines is 1. The van der Waals surface area contributed by atoms with E-state index in [0.717, 1.165) is 0 Å². The van der Waals surface area contributed by atoms with Crippen LogP contribution in [-0.2, 0) is 10.0 Å². The molecule has 0 aliphatic carbocycles. The van der Waals surface area contributed by atoms with Gasteiger partial charge in [0, 0.05) is 0 Å². The second kappa shape index (κ2) is 3.32. The van der Waals surface area contributed by atoms with E-state index in [9.17, 15) is 8.42 Å². The van der Waals surface area contributed by atoms with E-state index in [1.807, 2.05) is 0 Å². The fourth-order valence-corrected chi connectivity index (χ4v) is 1.14. The van der Waals surface area contributed by atoms with Gasteiger partial charge in [-0.1, -0.05) is 0 Å². The molecule has 0 unspecified atom stereocenters. The fraction of sp³-hybridized carbons (Fsp3) is 0.400. The largest absolute Gasteiger partial charge is 0.431 e. The van der Waals surface area contributed by atoms with Gasteiger partial charge in [-0.2, -0.15) is 4.98 Å². The molecule has 1 aromatic heterocycles. The number of halogens is 1. The summed E-state index contributed by atoms with van der Waals surface area (Å²) in [7, 11) is -3.50. The van der Waals surface area contributed by atoms with Crippen molar-refractivity contribution in [3.05, 3.63) is 12.0 Å². The van der Waals surface area contributed by atoms with Crippen LogP contribution < -0.4 is 4.72 Å². The molecule has 0 radical (unpaired) electrons. The number of alkyl halides is 1. The van der Waals surface area contributed by atoms with Gasteiger partial charge in [0.1, 0.15) is 11.5 Å². The van der Waals surface area contributed by atoms with Crippen molar-refractivity contribution in [3.63, 3.8) is 0 Å². The van der Waals surface area contributed by atoms with E-state index in [1.54, 1.807) is 6.92 Å². The standard InChI is InChI=1S/C5H7ClN2O3S/c1-4-2-11-5(7-4)8-12(9,10)3-6/h2H,3H2,1H3,(H,7,8). The Bertz CT molecular complexity index is 359. The van der Waals surface area contributed by atoms with Gasteiger partial charge in [0.05, 0.1) is 5.69 Å². The third kappa shape index (κ3) is 2.38. The van der Waals surface area contributed by atoms with E-state index in [-0.39, 0.29) is 6.01 Å². The van der Waals surface area contributed by atoms with E-state index in [4.69, 9.17) is 16.0 Å². The fourth-order valence-electron chi connectivity index (χ4n) is 0.561. The topological polar surface area (TPSA) is 72.2 Å². The summed E-state index contributed by atoms with van der Waals surface area (Å²) in [5, 5.41) is -0.519. The molecule has 0 amide bonds. The van der Waals surface area contributed by atoms with Gasteiger partial charge in [-0.05, 0) is 6.92 Å². The summed E-state index contributed by atoms with van der Waals surface area (Å²) in [6.45, 7) is 1.68. The van der Waals surface area contributed by atoms with Crippen molar-refractivity contribution in [1.82, 2.24) is 4.98 Å². The van der Waals surface area contributed by atoms with Gasteiger partial charge in [0.25, 0.3) is 0 Å². The highest BCUT2D eigenvalue weighted by Crippen LogP contribution is 2.08. The highest BCUT2D eigenvalue weighted by Gasteiger charge is 2.11. The average molecular weight is 211 g/mol. The summed E-state index contributed by atoms with van der Waals surface area (Å²) in [6, 6.07) is -0.0619. The first-order valence-electron chi connectivity index (χ1n) is 3.02. The van der Waals surface area contributed by atoms with Gasteiger partial charge in [0.2, 0.25) is 10.0 Å². The molecule has 12 heavy (non-hydrogen) atoms. The Morgan fingerprint density at radius 2 is 2.42 bits per heavy atom. The first-order valence-corrected chi connectivity index (χ1v) is 5.21. The average Bonchev–Trinajstić information content (AvgIpc) is 2.35. The summed E-state index contributed by atoms with van der Waals surface area (Å²) >= 11 is 5.13. The van der Waals surface area contributed by atoms with Gasteiger partial charge in [-0.25, -0.2) is 13.1 Å². The van der Waals surface area contributed by atoms with Crippen LogP contribution in [0.1, 0.15) is 5.69 Å². The zero-order valence-electron chi connectivity index (χ0n) is 6.24. The van der Waals surface area contributed by atoms with Crippen molar-refractivity contribution in [1.29, 1.82) is 0 Å². The molecule has 1 N–H and O–H groups in total. The maximum Gasteiger partial charge on any atom is 0.308 e. The Morgan fingerprint density at radius 1 is 1.75 bits per heavy atom. The lowest BCUT2D eigenvalue weighted by Gasteiger charge is -1.97. The monoisotopic (exact) mass is 210 g/mol. The highest BCUT2D eigenvalue weighted by molar-refractivity contribution is 7.93. The Kier molecular flexibility index (Phi) is 2.58. The Hall–Kier alpha value is -0.750. The van der Waals surface area contributed by atoms with Gasteiger partial charge in [0.15, 0.2) is 0 Å². The van der Waals surface area contributed by atoms with Crippen molar-refractivity contribution in [2.24, 2.45) is 0 Å². The maximum atomic E-state index is 10.8. The first kappa shape index (κ1) is 9.34. The molecule has 0 aliphatic rings. The third-order valence-electron chi connectivity index (χ3n) is 1.01. The number of rotatable bonds is 3. The summed E-state index contributed by atoms with van der Waals surface area (Å²) in [4.78, 5) is 3.73. The maximum absolute atomic E-state index is 10.8. The van der Waals surface area contributed by atoms with Crippen LogP contribution >= 0.6 is 11.6 Å². The predicted octanol–water partition coefficient (Wildman–Crippen LogP) is 0.921. The van der Waals surface area contributed by atoms with Crippen molar-refractivity contribution >= 4 is 27.6 Å². The van der Waals surface area contributed by atoms with Crippen LogP contribution in [0.15, 0.2) is 10.7 Å². The molecule has 5 nitrogen and oxygen atoms in total. The lowest BCUT2D eigenvalue weighted by atomic mass is 10.6. The molecule has 0 saturated carbocycles. The Morgan fingerprint density at radius 3 is 2.83 bits per heavy atom. The minimum Gasteiger partial charge on any atom is -0.431 e. The molecule has 0 spiro atoms. The SMILES string of the molecule is Cc1coc(NS(=O)(=O)CCl)n1. The van der Waals surface area contributed by atoms with Gasteiger partial charge < -0.3 is 4.42 Å². The van der Waals surface area contributed by atoms with Crippen molar-refractivity contribution in [3.8, 4) is 0 Å². The van der Waals surface area contributed by atoms with Crippen LogP contribution in [-0.4, -0.2) is 18.6 Å². The summed E-state index contributed by atoms with van der Waals surface area (Å²) in [5.74, 6) is 0. The van der Waals surface area contributed by atoms with Crippen LogP contribution in [0, 0.1) is 6.92 Å². The predicted molar refractivity (Wildman–Crippen MR) is 44.5 cm³/mol. The summed E-state index contributed by atoms with van der Waals surface area (Å²) in [6.07, 6.45) is 1.34. The number of nitrogens with one attached hydrogen (secondary N) is 1. The van der Waals surface area contributed by atoms with E-state index in [0.29, 0.717) is 5.69 Å². The molecule has 1 heterocycles. The molecule has 68 valence electrons. The zero-order valence-corrected chi connectivity index (χ0v) is 7.82. The van der Waals surface area contributed by atoms with E-state index >= 15 is 0 Å². The number of aryl methyl sites for hydroxylation is 1. The van der Waals surface area contributed by atoms with Crippen molar-refractivity contribution in [2.75, 3.05) is 9.93 Å². The number of oxazole rings is 1. The van der Waals surface area contributed by atoms with Crippen LogP contribution in [0.4, 0.5) is 6.01 Å². The number of aromatic nitrogens is 1. The van der Waals surface area contributed by atoms with Crippen LogP contribution in [0.25, 0.3) is 0 Å².